The summed E-state index contributed by atoms with van der Waals surface area (Å²) < 4.78 is 10.3. The van der Waals surface area contributed by atoms with Gasteiger partial charge in [0.1, 0.15) is 0 Å². The number of hydrogen-bond acceptors (Lipinski definition) is 4. The normalized spacial score (nSPS) is 18.2. The van der Waals surface area contributed by atoms with Gasteiger partial charge < -0.3 is 9.30 Å². The van der Waals surface area contributed by atoms with Gasteiger partial charge in [-0.3, -0.25) is 4.68 Å². The van der Waals surface area contributed by atoms with E-state index in [1.807, 2.05) is 43.7 Å². The van der Waals surface area contributed by atoms with Gasteiger partial charge in [-0.05, 0) is 37.1 Å². The third kappa shape index (κ3) is 3.76. The number of benzene rings is 1. The molecule has 0 bridgehead atoms. The lowest BCUT2D eigenvalue weighted by Gasteiger charge is -2.12. The Bertz CT molecular complexity index is 994. The number of ether oxygens (including phenoxy) is 1. The van der Waals surface area contributed by atoms with Crippen LogP contribution < -0.4 is 0 Å². The number of aromatic nitrogens is 4. The van der Waals surface area contributed by atoms with Crippen LogP contribution in [0.5, 0.6) is 0 Å². The summed E-state index contributed by atoms with van der Waals surface area (Å²) in [6.45, 7) is 2.54. The molecule has 0 unspecified atom stereocenters. The molecule has 1 saturated carbocycles. The highest BCUT2D eigenvalue weighted by Gasteiger charge is 2.45. The van der Waals surface area contributed by atoms with E-state index in [1.54, 1.807) is 4.68 Å². The van der Waals surface area contributed by atoms with Crippen molar-refractivity contribution in [3.8, 4) is 5.69 Å². The molecule has 1 aliphatic carbocycles. The predicted molar refractivity (Wildman–Crippen MR) is 110 cm³/mol. The van der Waals surface area contributed by atoms with Crippen molar-refractivity contribution in [2.45, 2.75) is 38.0 Å². The zero-order chi connectivity index (χ0) is 19.7. The van der Waals surface area contributed by atoms with Crippen molar-refractivity contribution in [1.29, 1.82) is 0 Å². The van der Waals surface area contributed by atoms with Crippen LogP contribution in [0.3, 0.4) is 0 Å². The number of carbonyl (C=O) groups is 1. The maximum atomic E-state index is 12.8. The fourth-order valence-corrected chi connectivity index (χ4v) is 3.98. The lowest BCUT2D eigenvalue weighted by atomic mass is 10.1. The van der Waals surface area contributed by atoms with Gasteiger partial charge in [0, 0.05) is 47.1 Å². The third-order valence-corrected chi connectivity index (χ3v) is 5.60. The zero-order valence-corrected chi connectivity index (χ0v) is 17.6. The Morgan fingerprint density at radius 2 is 2.18 bits per heavy atom. The molecular weight excluding hydrogens is 420 g/mol. The fourth-order valence-electron chi connectivity index (χ4n) is 3.59. The summed E-state index contributed by atoms with van der Waals surface area (Å²) in [5.41, 5.74) is 3.63. The van der Waals surface area contributed by atoms with Crippen molar-refractivity contribution in [3.63, 3.8) is 0 Å². The quantitative estimate of drug-likeness (QED) is 0.396. The minimum Gasteiger partial charge on any atom is -0.462 e. The molecule has 7 heteroatoms. The highest BCUT2D eigenvalue weighted by atomic mass is 79.9. The van der Waals surface area contributed by atoms with Crippen LogP contribution in [-0.4, -0.2) is 32.1 Å². The van der Waals surface area contributed by atoms with Crippen molar-refractivity contribution in [3.05, 3.63) is 64.1 Å². The highest BCUT2D eigenvalue weighted by Crippen LogP contribution is 2.55. The van der Waals surface area contributed by atoms with Gasteiger partial charge >= 0.3 is 5.97 Å². The van der Waals surface area contributed by atoms with Gasteiger partial charge in [0.05, 0.1) is 17.9 Å². The fraction of sp³-hybridized carbons (Fsp3) is 0.381. The first-order valence-electron chi connectivity index (χ1n) is 9.59. The monoisotopic (exact) mass is 442 g/mol. The second-order valence-corrected chi connectivity index (χ2v) is 8.14. The molecule has 6 nitrogen and oxygen atoms in total. The van der Waals surface area contributed by atoms with Crippen molar-refractivity contribution in [2.75, 3.05) is 6.61 Å². The minimum atomic E-state index is -0.248. The standard InChI is InChI=1S/C21H23BrN4O2/c1-3-4-10-28-21(27)16-8-9-26(15-7-5-6-14(22)11-15)20(16)18-12-17(18)19-13-25(2)24-23-19/h5-9,11,13,17-18H,3-4,10,12H2,1-2H3/t17-,18-/m1/s1. The number of esters is 1. The first-order chi connectivity index (χ1) is 13.6. The van der Waals surface area contributed by atoms with Crippen LogP contribution in [0, 0.1) is 0 Å². The Balaban J connectivity index is 1.69. The van der Waals surface area contributed by atoms with Gasteiger partial charge in [0.25, 0.3) is 0 Å². The zero-order valence-electron chi connectivity index (χ0n) is 16.0. The molecule has 0 amide bonds. The van der Waals surface area contributed by atoms with E-state index in [0.717, 1.165) is 40.8 Å². The molecule has 0 radical (unpaired) electrons. The molecule has 4 rings (SSSR count). The predicted octanol–water partition coefficient (Wildman–Crippen LogP) is 4.60. The Morgan fingerprint density at radius 1 is 1.32 bits per heavy atom. The van der Waals surface area contributed by atoms with E-state index in [-0.39, 0.29) is 17.8 Å². The molecule has 0 N–H and O–H groups in total. The second kappa shape index (κ2) is 7.91. The van der Waals surface area contributed by atoms with E-state index in [0.29, 0.717) is 12.2 Å². The van der Waals surface area contributed by atoms with E-state index in [9.17, 15) is 4.79 Å². The SMILES string of the molecule is CCCCOC(=O)c1ccn(-c2cccc(Br)c2)c1[C@@H]1C[C@H]1c1cn(C)nn1. The second-order valence-electron chi connectivity index (χ2n) is 7.22. The van der Waals surface area contributed by atoms with Gasteiger partial charge in [0.2, 0.25) is 0 Å². The Morgan fingerprint density at radius 3 is 2.89 bits per heavy atom. The van der Waals surface area contributed by atoms with Crippen LogP contribution in [0.2, 0.25) is 0 Å². The van der Waals surface area contributed by atoms with Gasteiger partial charge in [0.15, 0.2) is 0 Å². The number of halogens is 1. The van der Waals surface area contributed by atoms with Crippen LogP contribution in [0.1, 0.15) is 59.8 Å². The van der Waals surface area contributed by atoms with Crippen LogP contribution in [0.15, 0.2) is 47.2 Å². The smallest absolute Gasteiger partial charge is 0.339 e. The molecule has 3 aromatic rings. The van der Waals surface area contributed by atoms with E-state index in [1.165, 1.54) is 0 Å². The van der Waals surface area contributed by atoms with Gasteiger partial charge in [-0.2, -0.15) is 0 Å². The molecule has 1 aliphatic rings. The summed E-state index contributed by atoms with van der Waals surface area (Å²) in [6, 6.07) is 9.95. The van der Waals surface area contributed by atoms with Crippen molar-refractivity contribution >= 4 is 21.9 Å². The van der Waals surface area contributed by atoms with Crippen molar-refractivity contribution in [1.82, 2.24) is 19.6 Å². The van der Waals surface area contributed by atoms with E-state index in [4.69, 9.17) is 4.74 Å². The van der Waals surface area contributed by atoms with Gasteiger partial charge in [-0.1, -0.05) is 40.6 Å². The summed E-state index contributed by atoms with van der Waals surface area (Å²) in [7, 11) is 1.87. The Hall–Kier alpha value is -2.41. The lowest BCUT2D eigenvalue weighted by molar-refractivity contribution is 0.0498. The maximum absolute atomic E-state index is 12.8. The summed E-state index contributed by atoms with van der Waals surface area (Å²) in [5.74, 6) is 0.248. The van der Waals surface area contributed by atoms with E-state index < -0.39 is 0 Å². The number of nitrogens with zero attached hydrogens (tertiary/aromatic N) is 4. The molecule has 2 aromatic heterocycles. The topological polar surface area (TPSA) is 61.9 Å². The average molecular weight is 443 g/mol. The number of aryl methyl sites for hydroxylation is 1. The largest absolute Gasteiger partial charge is 0.462 e. The van der Waals surface area contributed by atoms with E-state index >= 15 is 0 Å². The maximum Gasteiger partial charge on any atom is 0.339 e. The van der Waals surface area contributed by atoms with Crippen LogP contribution >= 0.6 is 15.9 Å². The third-order valence-electron chi connectivity index (χ3n) is 5.11. The number of carbonyl (C=O) groups excluding carboxylic acids is 1. The van der Waals surface area contributed by atoms with Crippen LogP contribution in [0.25, 0.3) is 5.69 Å². The van der Waals surface area contributed by atoms with Crippen molar-refractivity contribution < 1.29 is 9.53 Å². The van der Waals surface area contributed by atoms with E-state index in [2.05, 4.69) is 43.8 Å². The summed E-state index contributed by atoms with van der Waals surface area (Å²) >= 11 is 3.54. The van der Waals surface area contributed by atoms with Crippen LogP contribution in [-0.2, 0) is 11.8 Å². The van der Waals surface area contributed by atoms with Gasteiger partial charge in [-0.15, -0.1) is 5.10 Å². The summed E-state index contributed by atoms with van der Waals surface area (Å²) in [6.07, 6.45) is 6.73. The number of rotatable bonds is 7. The molecule has 0 spiro atoms. The first-order valence-corrected chi connectivity index (χ1v) is 10.4. The number of unbranched alkanes of at least 4 members (excludes halogenated alkanes) is 1. The molecule has 0 aliphatic heterocycles. The summed E-state index contributed by atoms with van der Waals surface area (Å²) in [4.78, 5) is 12.8. The Labute approximate surface area is 172 Å². The first kappa shape index (κ1) is 18.9. The molecule has 146 valence electrons. The molecular formula is C21H23BrN4O2. The van der Waals surface area contributed by atoms with Crippen molar-refractivity contribution in [2.24, 2.45) is 7.05 Å². The number of hydrogen-bond donors (Lipinski definition) is 0. The summed E-state index contributed by atoms with van der Waals surface area (Å²) in [5, 5.41) is 8.32. The molecule has 2 heterocycles. The molecule has 1 fully saturated rings. The van der Waals surface area contributed by atoms with Crippen LogP contribution in [0.4, 0.5) is 0 Å². The molecule has 0 saturated heterocycles. The van der Waals surface area contributed by atoms with Gasteiger partial charge in [-0.25, -0.2) is 4.79 Å². The lowest BCUT2D eigenvalue weighted by Crippen LogP contribution is -2.10. The minimum absolute atomic E-state index is 0.222. The Kier molecular flexibility index (Phi) is 5.35. The highest BCUT2D eigenvalue weighted by molar-refractivity contribution is 9.10. The molecule has 1 aromatic carbocycles. The molecule has 28 heavy (non-hydrogen) atoms. The molecule has 2 atom stereocenters. The average Bonchev–Trinajstić information content (AvgIpc) is 3.13.